The lowest BCUT2D eigenvalue weighted by Gasteiger charge is -2.11. The maximum Gasteiger partial charge on any atom is 0.411 e. The van der Waals surface area contributed by atoms with Gasteiger partial charge in [0, 0.05) is 17.8 Å². The van der Waals surface area contributed by atoms with Gasteiger partial charge in [-0.15, -0.1) is 0 Å². The van der Waals surface area contributed by atoms with E-state index in [1.807, 2.05) is 12.1 Å². The van der Waals surface area contributed by atoms with Gasteiger partial charge in [0.1, 0.15) is 0 Å². The van der Waals surface area contributed by atoms with Crippen LogP contribution in [0.2, 0.25) is 0 Å². The zero-order valence-corrected chi connectivity index (χ0v) is 15.0. The lowest BCUT2D eigenvalue weighted by Crippen LogP contribution is -2.22. The zero-order chi connectivity index (χ0) is 18.9. The topological polar surface area (TPSA) is 85.9 Å². The first-order chi connectivity index (χ1) is 12.6. The van der Waals surface area contributed by atoms with Crippen LogP contribution in [0.4, 0.5) is 10.5 Å². The monoisotopic (exact) mass is 358 g/mol. The van der Waals surface area contributed by atoms with Crippen LogP contribution in [0.1, 0.15) is 22.8 Å². The van der Waals surface area contributed by atoms with Crippen LogP contribution in [0.5, 0.6) is 11.5 Å². The van der Waals surface area contributed by atoms with Gasteiger partial charge in [-0.25, -0.2) is 4.79 Å². The molecular formula is C19H22N2O5. The van der Waals surface area contributed by atoms with Gasteiger partial charge in [0.25, 0.3) is 5.91 Å². The lowest BCUT2D eigenvalue weighted by molar-refractivity contribution is 0.0951. The maximum absolute atomic E-state index is 12.3. The molecule has 0 atom stereocenters. The molecule has 0 spiro atoms. The van der Waals surface area contributed by atoms with E-state index < -0.39 is 6.09 Å². The molecule has 0 radical (unpaired) electrons. The molecule has 0 aliphatic heterocycles. The van der Waals surface area contributed by atoms with Crippen molar-refractivity contribution in [2.24, 2.45) is 0 Å². The maximum atomic E-state index is 12.3. The molecule has 2 aromatic rings. The summed E-state index contributed by atoms with van der Waals surface area (Å²) in [4.78, 5) is 23.6. The minimum absolute atomic E-state index is 0.220. The first kappa shape index (κ1) is 19.1. The van der Waals surface area contributed by atoms with Crippen LogP contribution in [0.3, 0.4) is 0 Å². The predicted molar refractivity (Wildman–Crippen MR) is 97.8 cm³/mol. The fourth-order valence-electron chi connectivity index (χ4n) is 2.26. The number of nitrogens with one attached hydrogen (secondary N) is 2. The highest BCUT2D eigenvalue weighted by atomic mass is 16.5. The molecule has 0 aliphatic carbocycles. The predicted octanol–water partition coefficient (Wildman–Crippen LogP) is 3.20. The van der Waals surface area contributed by atoms with Crippen LogP contribution in [-0.2, 0) is 11.3 Å². The summed E-state index contributed by atoms with van der Waals surface area (Å²) in [5, 5.41) is 5.41. The van der Waals surface area contributed by atoms with Crippen LogP contribution in [0.15, 0.2) is 42.5 Å². The second kappa shape index (κ2) is 9.31. The van der Waals surface area contributed by atoms with Gasteiger partial charge in [0.05, 0.1) is 20.8 Å². The van der Waals surface area contributed by atoms with Crippen molar-refractivity contribution < 1.29 is 23.8 Å². The number of methoxy groups -OCH3 is 2. The summed E-state index contributed by atoms with van der Waals surface area (Å²) in [6.45, 7) is 2.37. The summed E-state index contributed by atoms with van der Waals surface area (Å²) < 4.78 is 15.2. The lowest BCUT2D eigenvalue weighted by atomic mass is 10.1. The molecule has 7 heteroatoms. The van der Waals surface area contributed by atoms with E-state index in [4.69, 9.17) is 14.2 Å². The zero-order valence-electron chi connectivity index (χ0n) is 15.0. The van der Waals surface area contributed by atoms with Gasteiger partial charge in [-0.1, -0.05) is 6.07 Å². The highest BCUT2D eigenvalue weighted by molar-refractivity contribution is 5.95. The van der Waals surface area contributed by atoms with E-state index in [0.717, 1.165) is 5.56 Å². The van der Waals surface area contributed by atoms with E-state index in [-0.39, 0.29) is 5.91 Å². The number of hydrogen-bond donors (Lipinski definition) is 2. The van der Waals surface area contributed by atoms with Crippen molar-refractivity contribution >= 4 is 17.7 Å². The van der Waals surface area contributed by atoms with E-state index in [9.17, 15) is 9.59 Å². The number of ether oxygens (including phenoxy) is 3. The normalized spacial score (nSPS) is 9.96. The molecule has 2 rings (SSSR count). The summed E-state index contributed by atoms with van der Waals surface area (Å²) in [5.74, 6) is 1.02. The molecule has 0 aliphatic rings. The number of rotatable bonds is 7. The number of amides is 2. The Labute approximate surface area is 152 Å². The molecule has 138 valence electrons. The summed E-state index contributed by atoms with van der Waals surface area (Å²) in [7, 11) is 3.13. The molecule has 0 fully saturated rings. The van der Waals surface area contributed by atoms with Crippen molar-refractivity contribution in [1.82, 2.24) is 5.32 Å². The fraction of sp³-hybridized carbons (Fsp3) is 0.263. The summed E-state index contributed by atoms with van der Waals surface area (Å²) in [6, 6.07) is 12.0. The van der Waals surface area contributed by atoms with E-state index >= 15 is 0 Å². The van der Waals surface area contributed by atoms with Crippen molar-refractivity contribution in [2.45, 2.75) is 13.5 Å². The second-order valence-electron chi connectivity index (χ2n) is 5.29. The molecule has 0 unspecified atom stereocenters. The first-order valence-corrected chi connectivity index (χ1v) is 8.10. The number of hydrogen-bond acceptors (Lipinski definition) is 5. The van der Waals surface area contributed by atoms with Crippen LogP contribution >= 0.6 is 0 Å². The molecule has 0 bridgehead atoms. The average Bonchev–Trinajstić information content (AvgIpc) is 2.66. The van der Waals surface area contributed by atoms with E-state index in [0.29, 0.717) is 35.9 Å². The van der Waals surface area contributed by atoms with Gasteiger partial charge in [0.15, 0.2) is 11.5 Å². The minimum atomic E-state index is -0.529. The molecule has 0 saturated carbocycles. The van der Waals surface area contributed by atoms with Crippen LogP contribution in [-0.4, -0.2) is 32.8 Å². The van der Waals surface area contributed by atoms with Gasteiger partial charge in [-0.3, -0.25) is 10.1 Å². The Morgan fingerprint density at radius 1 is 0.962 bits per heavy atom. The number of anilines is 1. The Kier molecular flexibility index (Phi) is 6.84. The fourth-order valence-corrected chi connectivity index (χ4v) is 2.26. The minimum Gasteiger partial charge on any atom is -0.493 e. The third-order valence-electron chi connectivity index (χ3n) is 3.57. The molecule has 2 N–H and O–H groups in total. The van der Waals surface area contributed by atoms with Crippen LogP contribution in [0.25, 0.3) is 0 Å². The van der Waals surface area contributed by atoms with Gasteiger partial charge in [0.2, 0.25) is 0 Å². The Hall–Kier alpha value is -3.22. The summed E-state index contributed by atoms with van der Waals surface area (Å²) in [6.07, 6.45) is -0.529. The van der Waals surface area contributed by atoms with Crippen molar-refractivity contribution in [3.05, 3.63) is 53.6 Å². The SMILES string of the molecule is CCOC(=O)Nc1ccc(C(=O)NCc2ccc(OC)c(OC)c2)cc1. The number of carbonyl (C=O) groups excluding carboxylic acids is 2. The molecule has 0 heterocycles. The molecule has 26 heavy (non-hydrogen) atoms. The summed E-state index contributed by atoms with van der Waals surface area (Å²) in [5.41, 5.74) is 1.93. The van der Waals surface area contributed by atoms with E-state index in [2.05, 4.69) is 10.6 Å². The molecule has 2 amide bonds. The second-order valence-corrected chi connectivity index (χ2v) is 5.29. The Morgan fingerprint density at radius 3 is 2.27 bits per heavy atom. The van der Waals surface area contributed by atoms with Crippen molar-refractivity contribution in [1.29, 1.82) is 0 Å². The Bertz CT molecular complexity index is 759. The Morgan fingerprint density at radius 2 is 1.65 bits per heavy atom. The largest absolute Gasteiger partial charge is 0.493 e. The number of benzene rings is 2. The van der Waals surface area contributed by atoms with E-state index in [1.54, 1.807) is 51.5 Å². The molecule has 0 aromatic heterocycles. The van der Waals surface area contributed by atoms with Crippen molar-refractivity contribution in [2.75, 3.05) is 26.1 Å². The van der Waals surface area contributed by atoms with Crippen molar-refractivity contribution in [3.63, 3.8) is 0 Å². The van der Waals surface area contributed by atoms with Gasteiger partial charge >= 0.3 is 6.09 Å². The van der Waals surface area contributed by atoms with Crippen LogP contribution < -0.4 is 20.1 Å². The number of carbonyl (C=O) groups is 2. The highest BCUT2D eigenvalue weighted by Gasteiger charge is 2.09. The van der Waals surface area contributed by atoms with Crippen LogP contribution in [0, 0.1) is 0 Å². The third-order valence-corrected chi connectivity index (χ3v) is 3.57. The van der Waals surface area contributed by atoms with Gasteiger partial charge in [-0.2, -0.15) is 0 Å². The molecule has 2 aromatic carbocycles. The molecule has 7 nitrogen and oxygen atoms in total. The van der Waals surface area contributed by atoms with Gasteiger partial charge in [-0.05, 0) is 48.9 Å². The quantitative estimate of drug-likeness (QED) is 0.794. The molecule has 0 saturated heterocycles. The highest BCUT2D eigenvalue weighted by Crippen LogP contribution is 2.27. The van der Waals surface area contributed by atoms with Crippen molar-refractivity contribution in [3.8, 4) is 11.5 Å². The van der Waals surface area contributed by atoms with E-state index in [1.165, 1.54) is 0 Å². The van der Waals surface area contributed by atoms with Gasteiger partial charge < -0.3 is 19.5 Å². The smallest absolute Gasteiger partial charge is 0.411 e. The average molecular weight is 358 g/mol. The standard InChI is InChI=1S/C19H22N2O5/c1-4-26-19(23)21-15-8-6-14(7-9-15)18(22)20-12-13-5-10-16(24-2)17(11-13)25-3/h5-11H,4,12H2,1-3H3,(H,20,22)(H,21,23). The first-order valence-electron chi connectivity index (χ1n) is 8.10. The Balaban J connectivity index is 1.94. The third kappa shape index (κ3) is 5.14. The summed E-state index contributed by atoms with van der Waals surface area (Å²) >= 11 is 0. The molecular weight excluding hydrogens is 336 g/mol.